The van der Waals surface area contributed by atoms with Crippen LogP contribution < -0.4 is 0 Å². The average Bonchev–Trinajstić information content (AvgIpc) is 1.36. The van der Waals surface area contributed by atoms with Gasteiger partial charge in [-0.15, -0.1) is 0 Å². The first kappa shape index (κ1) is 9.66. The van der Waals surface area contributed by atoms with Crippen molar-refractivity contribution in [3.8, 4) is 0 Å². The van der Waals surface area contributed by atoms with Crippen LogP contribution in [-0.2, 0) is 4.79 Å². The normalized spacial score (nSPS) is 6.43. The van der Waals surface area contributed by atoms with Gasteiger partial charge in [-0.2, -0.15) is 0 Å². The first-order valence-corrected chi connectivity index (χ1v) is 1.53. The van der Waals surface area contributed by atoms with E-state index in [4.69, 9.17) is 5.11 Å². The molecule has 0 saturated heterocycles. The quantitative estimate of drug-likeness (QED) is 0.361. The van der Waals surface area contributed by atoms with Crippen LogP contribution >= 0.6 is 0 Å². The van der Waals surface area contributed by atoms with Crippen LogP contribution in [0.5, 0.6) is 0 Å². The Morgan fingerprint density at radius 1 is 1.71 bits per heavy atom. The molecule has 0 aliphatic heterocycles. The summed E-state index contributed by atoms with van der Waals surface area (Å²) in [4.78, 5) is 9.60. The fourth-order valence-electron chi connectivity index (χ4n) is 0. The number of hydrogen-bond acceptors (Lipinski definition) is 1. The molecule has 0 amide bonds. The van der Waals surface area contributed by atoms with E-state index in [9.17, 15) is 4.79 Å². The third-order valence-corrected chi connectivity index (χ3v) is 0.365. The van der Waals surface area contributed by atoms with E-state index in [2.05, 4.69) is 6.58 Å². The van der Waals surface area contributed by atoms with Crippen LogP contribution in [0.15, 0.2) is 12.2 Å². The minimum absolute atomic E-state index is 0. The molecule has 0 aromatic heterocycles. The summed E-state index contributed by atoms with van der Waals surface area (Å²) in [5.41, 5.74) is 0.176. The maximum Gasteiger partial charge on any atom is 0.330 e. The summed E-state index contributed by atoms with van der Waals surface area (Å²) >= 11 is 0. The second kappa shape index (κ2) is 3.61. The average molecular weight is 118 g/mol. The number of aliphatic carboxylic acids is 1. The summed E-state index contributed by atoms with van der Waals surface area (Å²) in [6.07, 6.45) is 0. The predicted octanol–water partition coefficient (Wildman–Crippen LogP) is -0.804. The van der Waals surface area contributed by atoms with Gasteiger partial charge >= 0.3 is 5.97 Å². The lowest BCUT2D eigenvalue weighted by Gasteiger charge is -1.79. The molecule has 0 heterocycles. The Morgan fingerprint density at radius 3 is 1.86 bits per heavy atom. The van der Waals surface area contributed by atoms with E-state index in [1.807, 2.05) is 0 Å². The van der Waals surface area contributed by atoms with Gasteiger partial charge in [0, 0.05) is 5.57 Å². The zero-order valence-corrected chi connectivity index (χ0v) is 3.56. The monoisotopic (exact) mass is 118 g/mol. The minimum atomic E-state index is -0.935. The van der Waals surface area contributed by atoms with E-state index < -0.39 is 5.97 Å². The van der Waals surface area contributed by atoms with E-state index in [1.165, 1.54) is 6.92 Å². The zero-order valence-electron chi connectivity index (χ0n) is 3.56. The number of rotatable bonds is 1. The van der Waals surface area contributed by atoms with Crippen molar-refractivity contribution in [1.29, 1.82) is 0 Å². The molecule has 0 aromatic carbocycles. The van der Waals surface area contributed by atoms with Crippen molar-refractivity contribution in [2.45, 2.75) is 6.92 Å². The fraction of sp³-hybridized carbons (Fsp3) is 0.250. The molecule has 0 rings (SSSR count). The van der Waals surface area contributed by atoms with E-state index in [-0.39, 0.29) is 16.5 Å². The molecular weight excluding hydrogens is 108 g/mol. The van der Waals surface area contributed by atoms with Crippen molar-refractivity contribution in [3.05, 3.63) is 12.2 Å². The van der Waals surface area contributed by atoms with E-state index >= 15 is 0 Å². The highest BCUT2D eigenvalue weighted by Gasteiger charge is 1.90. The lowest BCUT2D eigenvalue weighted by atomic mass is 10.4. The van der Waals surface area contributed by atoms with Gasteiger partial charge in [0.1, 0.15) is 0 Å². The highest BCUT2D eigenvalue weighted by atomic mass is 28.1. The maximum absolute atomic E-state index is 9.60. The molecule has 0 unspecified atom stereocenters. The Kier molecular flexibility index (Phi) is 4.98. The first-order chi connectivity index (χ1) is 2.64. The molecule has 0 aliphatic carbocycles. The Balaban J connectivity index is 0. The zero-order chi connectivity index (χ0) is 5.15. The van der Waals surface area contributed by atoms with Gasteiger partial charge in [0.2, 0.25) is 0 Å². The van der Waals surface area contributed by atoms with Crippen LogP contribution in [0.2, 0.25) is 0 Å². The first-order valence-electron chi connectivity index (χ1n) is 1.53. The molecule has 0 fully saturated rings. The molecule has 0 saturated carbocycles. The van der Waals surface area contributed by atoms with Crippen LogP contribution in [0, 0.1) is 0 Å². The predicted molar refractivity (Wildman–Crippen MR) is 33.8 cm³/mol. The molecule has 0 bridgehead atoms. The summed E-state index contributed by atoms with van der Waals surface area (Å²) in [7, 11) is 0. The Morgan fingerprint density at radius 2 is 1.86 bits per heavy atom. The molecule has 42 valence electrons. The van der Waals surface area contributed by atoms with Crippen molar-refractivity contribution in [1.82, 2.24) is 0 Å². The van der Waals surface area contributed by atoms with Gasteiger partial charge in [0.05, 0.1) is 0 Å². The molecule has 0 radical (unpaired) electrons. The molecule has 0 atom stereocenters. The third-order valence-electron chi connectivity index (χ3n) is 0.365. The minimum Gasteiger partial charge on any atom is -0.478 e. The second-order valence-corrected chi connectivity index (χ2v) is 1.09. The number of carboxylic acids is 1. The van der Waals surface area contributed by atoms with Crippen molar-refractivity contribution >= 4 is 16.9 Å². The molecule has 0 aromatic rings. The summed E-state index contributed by atoms with van der Waals surface area (Å²) in [6, 6.07) is 0. The summed E-state index contributed by atoms with van der Waals surface area (Å²) in [5, 5.41) is 7.89. The molecule has 0 aliphatic rings. The Bertz CT molecular complexity index is 75.7. The van der Waals surface area contributed by atoms with Crippen molar-refractivity contribution < 1.29 is 9.90 Å². The van der Waals surface area contributed by atoms with Crippen LogP contribution in [0.4, 0.5) is 0 Å². The van der Waals surface area contributed by atoms with Gasteiger partial charge in [-0.25, -0.2) is 4.79 Å². The van der Waals surface area contributed by atoms with Crippen LogP contribution in [-0.4, -0.2) is 22.0 Å². The van der Waals surface area contributed by atoms with Crippen LogP contribution in [0.25, 0.3) is 0 Å². The van der Waals surface area contributed by atoms with Gasteiger partial charge in [0.15, 0.2) is 0 Å². The lowest BCUT2D eigenvalue weighted by molar-refractivity contribution is -0.132. The standard InChI is InChI=1S/C4H6O2.H4Si/c1-3(2)4(5)6;/h1H2,2H3,(H,5,6);1H4. The number of hydrogen-bond donors (Lipinski definition) is 1. The third kappa shape index (κ3) is 5.43. The summed E-state index contributed by atoms with van der Waals surface area (Å²) < 4.78 is 0. The topological polar surface area (TPSA) is 37.3 Å². The van der Waals surface area contributed by atoms with Crippen LogP contribution in [0.3, 0.4) is 0 Å². The summed E-state index contributed by atoms with van der Waals surface area (Å²) in [6.45, 7) is 4.60. The molecule has 0 spiro atoms. The SMILES string of the molecule is C=C(C)C(=O)O.[SiH4]. The maximum atomic E-state index is 9.60. The highest BCUT2D eigenvalue weighted by molar-refractivity contribution is 5.84. The largest absolute Gasteiger partial charge is 0.478 e. The highest BCUT2D eigenvalue weighted by Crippen LogP contribution is 1.81. The van der Waals surface area contributed by atoms with E-state index in [0.29, 0.717) is 0 Å². The molecular formula is C4H10O2Si. The molecule has 7 heavy (non-hydrogen) atoms. The van der Waals surface area contributed by atoms with Gasteiger partial charge in [-0.3, -0.25) is 0 Å². The smallest absolute Gasteiger partial charge is 0.330 e. The van der Waals surface area contributed by atoms with Gasteiger partial charge in [-0.1, -0.05) is 6.58 Å². The number of carboxylic acid groups (broad SMARTS) is 1. The molecule has 2 nitrogen and oxygen atoms in total. The van der Waals surface area contributed by atoms with Crippen LogP contribution in [0.1, 0.15) is 6.92 Å². The Hall–Kier alpha value is -0.573. The van der Waals surface area contributed by atoms with E-state index in [1.54, 1.807) is 0 Å². The molecule has 1 N–H and O–H groups in total. The summed E-state index contributed by atoms with van der Waals surface area (Å²) in [5.74, 6) is -0.935. The second-order valence-electron chi connectivity index (χ2n) is 1.09. The number of carbonyl (C=O) groups is 1. The van der Waals surface area contributed by atoms with Gasteiger partial charge < -0.3 is 5.11 Å². The van der Waals surface area contributed by atoms with Crippen molar-refractivity contribution in [3.63, 3.8) is 0 Å². The lowest BCUT2D eigenvalue weighted by Crippen LogP contribution is -1.92. The molecule has 3 heteroatoms. The fourth-order valence-corrected chi connectivity index (χ4v) is 0. The van der Waals surface area contributed by atoms with E-state index in [0.717, 1.165) is 0 Å². The van der Waals surface area contributed by atoms with Crippen molar-refractivity contribution in [2.24, 2.45) is 0 Å². The Labute approximate surface area is 46.9 Å². The van der Waals surface area contributed by atoms with Gasteiger partial charge in [-0.05, 0) is 17.9 Å². The van der Waals surface area contributed by atoms with Crippen molar-refractivity contribution in [2.75, 3.05) is 0 Å². The van der Waals surface area contributed by atoms with Gasteiger partial charge in [0.25, 0.3) is 0 Å².